The van der Waals surface area contributed by atoms with Crippen molar-refractivity contribution in [2.75, 3.05) is 89.3 Å². The van der Waals surface area contributed by atoms with Crippen LogP contribution in [0.3, 0.4) is 0 Å². The van der Waals surface area contributed by atoms with E-state index >= 15 is 0 Å². The number of carbonyl (C=O) groups is 4. The summed E-state index contributed by atoms with van der Waals surface area (Å²) in [4.78, 5) is 75.2. The van der Waals surface area contributed by atoms with Crippen molar-refractivity contribution in [3.8, 4) is 12.1 Å². The molecule has 0 spiro atoms. The Morgan fingerprint density at radius 3 is 1.16 bits per heavy atom. The van der Waals surface area contributed by atoms with Crippen LogP contribution in [-0.2, 0) is 22.7 Å². The van der Waals surface area contributed by atoms with Crippen molar-refractivity contribution in [1.29, 1.82) is 10.5 Å². The van der Waals surface area contributed by atoms with Crippen LogP contribution in [0.5, 0.6) is 0 Å². The molecular formula is C55H68Br2F6N12O6. The van der Waals surface area contributed by atoms with Crippen molar-refractivity contribution >= 4 is 67.0 Å². The van der Waals surface area contributed by atoms with Crippen LogP contribution in [0.4, 0.5) is 38.0 Å². The molecule has 26 heteroatoms. The number of carbonyl (C=O) groups excluding carboxylic acids is 2. The Hall–Kier alpha value is -6.16. The van der Waals surface area contributed by atoms with Gasteiger partial charge in [-0.15, -0.1) is 0 Å². The predicted octanol–water partition coefficient (Wildman–Crippen LogP) is 9.37. The van der Waals surface area contributed by atoms with Crippen LogP contribution in [0.2, 0.25) is 0 Å². The number of piperazine rings is 2. The van der Waals surface area contributed by atoms with Crippen LogP contribution < -0.4 is 9.80 Å². The lowest BCUT2D eigenvalue weighted by Gasteiger charge is -2.33. The van der Waals surface area contributed by atoms with E-state index in [9.17, 15) is 46.5 Å². The van der Waals surface area contributed by atoms with E-state index in [0.29, 0.717) is 43.5 Å². The number of halogens is 8. The standard InChI is InChI=1S/2C25H31BrN6O.2C2HF3O2.CH4/c2*1-18-4-3-5-22(18)32(25-21(26)15-28-24(14-27)29-25)17-23(33)20-8-6-19(7-9-20)16-31-12-10-30(2)11-13-31;2*3-2(4,5)1(6)7;/h2*6-9,15,18,22H,3-5,10-13,16-17H2,1-2H3;2*(H,6,7);1H4/t2*18-,22+;;;/m10.../s1. The Morgan fingerprint density at radius 2 is 0.901 bits per heavy atom. The second kappa shape index (κ2) is 31.3. The second-order valence-electron chi connectivity index (χ2n) is 20.2. The largest absolute Gasteiger partial charge is 0.490 e. The predicted molar refractivity (Wildman–Crippen MR) is 298 cm³/mol. The minimum absolute atomic E-state index is 0. The van der Waals surface area contributed by atoms with E-state index in [0.717, 1.165) is 104 Å². The zero-order chi connectivity index (χ0) is 58.9. The minimum atomic E-state index is -5.08. The van der Waals surface area contributed by atoms with E-state index < -0.39 is 24.3 Å². The van der Waals surface area contributed by atoms with Crippen LogP contribution in [0.1, 0.15) is 103 Å². The van der Waals surface area contributed by atoms with Crippen molar-refractivity contribution < 1.29 is 55.7 Å². The Bertz CT molecular complexity index is 2620. The molecule has 4 aliphatic rings. The first kappa shape index (κ1) is 67.3. The highest BCUT2D eigenvalue weighted by molar-refractivity contribution is 9.11. The summed E-state index contributed by atoms with van der Waals surface area (Å²) >= 11 is 7.08. The molecule has 440 valence electrons. The van der Waals surface area contributed by atoms with Crippen LogP contribution >= 0.6 is 31.9 Å². The number of hydrogen-bond donors (Lipinski definition) is 2. The van der Waals surface area contributed by atoms with Crippen LogP contribution in [0, 0.1) is 34.5 Å². The highest BCUT2D eigenvalue weighted by Gasteiger charge is 2.39. The maximum absolute atomic E-state index is 13.3. The molecule has 2 aromatic carbocycles. The fraction of sp³-hybridized carbons (Fsp3) is 0.527. The number of nitriles is 2. The number of ketones is 2. The number of benzene rings is 2. The third-order valence-electron chi connectivity index (χ3n) is 14.3. The number of Topliss-reactive ketones (excluding diaryl/α,β-unsaturated/α-hetero) is 2. The highest BCUT2D eigenvalue weighted by atomic mass is 79.9. The van der Waals surface area contributed by atoms with Gasteiger partial charge in [-0.25, -0.2) is 29.5 Å². The zero-order valence-electron chi connectivity index (χ0n) is 44.7. The average molecular weight is 1270 g/mol. The number of aromatic nitrogens is 4. The molecule has 0 radical (unpaired) electrons. The van der Waals surface area contributed by atoms with Gasteiger partial charge in [0.25, 0.3) is 0 Å². The monoisotopic (exact) mass is 1260 g/mol. The normalized spacial score (nSPS) is 19.6. The van der Waals surface area contributed by atoms with Gasteiger partial charge in [0.15, 0.2) is 11.6 Å². The molecular weight excluding hydrogens is 1200 g/mol. The fourth-order valence-corrected chi connectivity index (χ4v) is 10.6. The maximum Gasteiger partial charge on any atom is 0.490 e. The number of alkyl halides is 6. The van der Waals surface area contributed by atoms with E-state index in [4.69, 9.17) is 19.8 Å². The van der Waals surface area contributed by atoms with Gasteiger partial charge in [0.05, 0.1) is 22.0 Å². The van der Waals surface area contributed by atoms with Gasteiger partial charge in [-0.05, 0) is 94.6 Å². The molecule has 0 amide bonds. The topological polar surface area (TPSA) is 227 Å². The molecule has 2 aliphatic carbocycles. The lowest BCUT2D eigenvalue weighted by molar-refractivity contribution is -0.193. The average Bonchev–Trinajstić information content (AvgIpc) is 4.07. The molecule has 4 fully saturated rings. The molecule has 2 aliphatic heterocycles. The molecule has 81 heavy (non-hydrogen) atoms. The van der Waals surface area contributed by atoms with Crippen LogP contribution in [0.25, 0.3) is 0 Å². The number of carboxylic acid groups (broad SMARTS) is 2. The summed E-state index contributed by atoms with van der Waals surface area (Å²) in [6.45, 7) is 15.4. The molecule has 0 unspecified atom stereocenters. The molecule has 4 atom stereocenters. The van der Waals surface area contributed by atoms with E-state index in [1.807, 2.05) is 36.4 Å². The van der Waals surface area contributed by atoms with Gasteiger partial charge in [-0.3, -0.25) is 19.4 Å². The SMILES string of the molecule is C.C[C@@H]1CCC[C@@H]1N(CC(=O)c1ccc(CN2CCN(C)CC2)cc1)c1nc(C#N)ncc1Br.C[C@H]1CCC[C@H]1N(CC(=O)c1ccc(CN2CCN(C)CC2)cc1)c1nc(C#N)ncc1Br.O=C(O)C(F)(F)F.O=C(O)C(F)(F)F. The highest BCUT2D eigenvalue weighted by Crippen LogP contribution is 2.37. The summed E-state index contributed by atoms with van der Waals surface area (Å²) in [5.74, 6) is -3.00. The molecule has 0 bridgehead atoms. The van der Waals surface area contributed by atoms with Gasteiger partial charge < -0.3 is 29.8 Å². The second-order valence-corrected chi connectivity index (χ2v) is 21.9. The third kappa shape index (κ3) is 20.7. The van der Waals surface area contributed by atoms with E-state index in [2.05, 4.69) is 133 Å². The van der Waals surface area contributed by atoms with Gasteiger partial charge in [0.1, 0.15) is 23.8 Å². The summed E-state index contributed by atoms with van der Waals surface area (Å²) in [6, 6.07) is 20.5. The molecule has 2 aromatic heterocycles. The van der Waals surface area contributed by atoms with E-state index in [-0.39, 0.29) is 55.8 Å². The van der Waals surface area contributed by atoms with Gasteiger partial charge >= 0.3 is 24.3 Å². The summed E-state index contributed by atoms with van der Waals surface area (Å²) in [5.41, 5.74) is 3.88. The summed E-state index contributed by atoms with van der Waals surface area (Å²) in [6.07, 6.45) is -0.422. The Labute approximate surface area is 485 Å². The Balaban J connectivity index is 0.000000279. The molecule has 2 N–H and O–H groups in total. The van der Waals surface area contributed by atoms with Crippen molar-refractivity contribution in [1.82, 2.24) is 39.5 Å². The van der Waals surface area contributed by atoms with Crippen molar-refractivity contribution in [3.63, 3.8) is 0 Å². The summed E-state index contributed by atoms with van der Waals surface area (Å²) in [5, 5.41) is 32.8. The first-order valence-electron chi connectivity index (χ1n) is 25.8. The molecule has 18 nitrogen and oxygen atoms in total. The molecule has 4 heterocycles. The molecule has 8 rings (SSSR count). The fourth-order valence-electron chi connectivity index (χ4n) is 9.72. The van der Waals surface area contributed by atoms with E-state index in [1.165, 1.54) is 11.1 Å². The van der Waals surface area contributed by atoms with Crippen LogP contribution in [-0.4, -0.2) is 177 Å². The van der Waals surface area contributed by atoms with Gasteiger partial charge in [-0.2, -0.15) is 36.9 Å². The van der Waals surface area contributed by atoms with Crippen molar-refractivity contribution in [2.45, 2.75) is 97.3 Å². The number of carboxylic acids is 2. The molecule has 4 aromatic rings. The number of likely N-dealkylation sites (N-methyl/N-ethyl adjacent to an activating group) is 2. The lowest BCUT2D eigenvalue weighted by Crippen LogP contribution is -2.43. The molecule has 2 saturated heterocycles. The lowest BCUT2D eigenvalue weighted by atomic mass is 10.0. The van der Waals surface area contributed by atoms with Gasteiger partial charge in [-0.1, -0.05) is 82.6 Å². The maximum atomic E-state index is 13.3. The first-order valence-corrected chi connectivity index (χ1v) is 27.4. The van der Waals surface area contributed by atoms with Crippen LogP contribution in [0.15, 0.2) is 69.9 Å². The van der Waals surface area contributed by atoms with Crippen molar-refractivity contribution in [2.24, 2.45) is 11.8 Å². The number of anilines is 2. The quantitative estimate of drug-likeness (QED) is 0.0885. The van der Waals surface area contributed by atoms with E-state index in [1.54, 1.807) is 12.4 Å². The smallest absolute Gasteiger partial charge is 0.475 e. The zero-order valence-corrected chi connectivity index (χ0v) is 47.9. The molecule has 2 saturated carbocycles. The Kier molecular flexibility index (Phi) is 26.0. The summed E-state index contributed by atoms with van der Waals surface area (Å²) in [7, 11) is 4.32. The Morgan fingerprint density at radius 1 is 0.593 bits per heavy atom. The number of nitrogens with zero attached hydrogens (tertiary/aromatic N) is 12. The van der Waals surface area contributed by atoms with Crippen molar-refractivity contribution in [3.05, 3.63) is 104 Å². The summed E-state index contributed by atoms with van der Waals surface area (Å²) < 4.78 is 64.9. The first-order chi connectivity index (χ1) is 37.8. The van der Waals surface area contributed by atoms with Gasteiger partial charge in [0, 0.05) is 101 Å². The number of rotatable bonds is 14. The minimum Gasteiger partial charge on any atom is -0.475 e. The number of hydrogen-bond acceptors (Lipinski definition) is 16. The number of aliphatic carboxylic acids is 2. The third-order valence-corrected chi connectivity index (χ3v) is 15.4. The van der Waals surface area contributed by atoms with Gasteiger partial charge in [0.2, 0.25) is 11.6 Å².